The first kappa shape index (κ1) is 18.3. The summed E-state index contributed by atoms with van der Waals surface area (Å²) in [6.07, 6.45) is -5.29. The lowest BCUT2D eigenvalue weighted by Gasteiger charge is -2.36. The number of amides is 2. The zero-order chi connectivity index (χ0) is 17.7. The Labute approximate surface area is 139 Å². The molecular weight excluding hydrogens is 321 g/mol. The zero-order valence-electron chi connectivity index (χ0n) is 13.6. The predicted molar refractivity (Wildman–Crippen MR) is 83.3 cm³/mol. The molecule has 1 atom stereocenters. The van der Waals surface area contributed by atoms with Crippen molar-refractivity contribution >= 4 is 11.8 Å². The first-order valence-corrected chi connectivity index (χ1v) is 8.00. The SMILES string of the molecule is CCC(C(=O)N1CCN(C(=O)CC(F)(F)F)CC1)c1ccccc1. The molecule has 1 unspecified atom stereocenters. The third-order valence-corrected chi connectivity index (χ3v) is 4.20. The number of rotatable bonds is 4. The molecule has 1 aliphatic heterocycles. The van der Waals surface area contributed by atoms with E-state index in [-0.39, 0.29) is 38.0 Å². The second-order valence-corrected chi connectivity index (χ2v) is 5.87. The lowest BCUT2D eigenvalue weighted by Crippen LogP contribution is -2.52. The van der Waals surface area contributed by atoms with Gasteiger partial charge < -0.3 is 9.80 Å². The second-order valence-electron chi connectivity index (χ2n) is 5.87. The van der Waals surface area contributed by atoms with Crippen LogP contribution in [0.4, 0.5) is 13.2 Å². The van der Waals surface area contributed by atoms with E-state index in [1.54, 1.807) is 4.90 Å². The van der Waals surface area contributed by atoms with Crippen molar-refractivity contribution in [2.24, 2.45) is 0 Å². The van der Waals surface area contributed by atoms with Crippen molar-refractivity contribution in [3.63, 3.8) is 0 Å². The first-order chi connectivity index (χ1) is 11.3. The van der Waals surface area contributed by atoms with Gasteiger partial charge in [0.05, 0.1) is 5.92 Å². The van der Waals surface area contributed by atoms with Crippen molar-refractivity contribution in [2.75, 3.05) is 26.2 Å². The van der Waals surface area contributed by atoms with Crippen LogP contribution in [0.1, 0.15) is 31.2 Å². The average Bonchev–Trinajstić information content (AvgIpc) is 2.55. The molecule has 2 rings (SSSR count). The summed E-state index contributed by atoms with van der Waals surface area (Å²) in [7, 11) is 0. The Morgan fingerprint density at radius 2 is 1.58 bits per heavy atom. The molecule has 0 bridgehead atoms. The molecule has 1 aromatic rings. The Morgan fingerprint density at radius 3 is 2.08 bits per heavy atom. The molecule has 0 aromatic heterocycles. The number of benzene rings is 1. The predicted octanol–water partition coefficient (Wildman–Crippen LogP) is 2.80. The normalized spacial score (nSPS) is 16.8. The molecule has 0 N–H and O–H groups in total. The number of alkyl halides is 3. The van der Waals surface area contributed by atoms with Gasteiger partial charge in [0.25, 0.3) is 0 Å². The van der Waals surface area contributed by atoms with Gasteiger partial charge in [-0.3, -0.25) is 9.59 Å². The van der Waals surface area contributed by atoms with Gasteiger partial charge in [0.2, 0.25) is 11.8 Å². The third kappa shape index (κ3) is 4.72. The molecule has 1 fully saturated rings. The van der Waals surface area contributed by atoms with Gasteiger partial charge in [-0.05, 0) is 12.0 Å². The maximum absolute atomic E-state index is 12.7. The van der Waals surface area contributed by atoms with Crippen LogP contribution in [0, 0.1) is 0 Å². The molecule has 132 valence electrons. The van der Waals surface area contributed by atoms with Gasteiger partial charge in [0.1, 0.15) is 6.42 Å². The van der Waals surface area contributed by atoms with E-state index in [2.05, 4.69) is 0 Å². The van der Waals surface area contributed by atoms with Gasteiger partial charge in [-0.15, -0.1) is 0 Å². The van der Waals surface area contributed by atoms with Crippen molar-refractivity contribution < 1.29 is 22.8 Å². The number of hydrogen-bond donors (Lipinski definition) is 0. The summed E-state index contributed by atoms with van der Waals surface area (Å²) >= 11 is 0. The second kappa shape index (κ2) is 7.68. The Balaban J connectivity index is 1.94. The number of carbonyl (C=O) groups excluding carboxylic acids is 2. The molecule has 7 heteroatoms. The van der Waals surface area contributed by atoms with Crippen LogP contribution in [0.3, 0.4) is 0 Å². The minimum atomic E-state index is -4.50. The van der Waals surface area contributed by atoms with Gasteiger partial charge >= 0.3 is 6.18 Å². The van der Waals surface area contributed by atoms with Crippen molar-refractivity contribution in [3.05, 3.63) is 35.9 Å². The highest BCUT2D eigenvalue weighted by Gasteiger charge is 2.35. The molecule has 1 aromatic carbocycles. The fourth-order valence-electron chi connectivity index (χ4n) is 2.92. The minimum Gasteiger partial charge on any atom is -0.339 e. The smallest absolute Gasteiger partial charge is 0.339 e. The molecular formula is C17H21F3N2O2. The van der Waals surface area contributed by atoms with Gasteiger partial charge in [-0.2, -0.15) is 13.2 Å². The highest BCUT2D eigenvalue weighted by atomic mass is 19.4. The fourth-order valence-corrected chi connectivity index (χ4v) is 2.92. The van der Waals surface area contributed by atoms with E-state index in [9.17, 15) is 22.8 Å². The monoisotopic (exact) mass is 342 g/mol. The van der Waals surface area contributed by atoms with E-state index in [1.807, 2.05) is 37.3 Å². The first-order valence-electron chi connectivity index (χ1n) is 8.00. The molecule has 0 radical (unpaired) electrons. The van der Waals surface area contributed by atoms with Crippen molar-refractivity contribution in [2.45, 2.75) is 31.9 Å². The van der Waals surface area contributed by atoms with Crippen LogP contribution in [0.25, 0.3) is 0 Å². The van der Waals surface area contributed by atoms with Crippen molar-refractivity contribution in [3.8, 4) is 0 Å². The number of hydrogen-bond acceptors (Lipinski definition) is 2. The molecule has 2 amide bonds. The summed E-state index contributed by atoms with van der Waals surface area (Å²) in [4.78, 5) is 27.1. The Kier molecular flexibility index (Phi) is 5.85. The maximum atomic E-state index is 12.7. The molecule has 24 heavy (non-hydrogen) atoms. The number of carbonyl (C=O) groups is 2. The minimum absolute atomic E-state index is 0.0355. The van der Waals surface area contributed by atoms with Crippen molar-refractivity contribution in [1.29, 1.82) is 0 Å². The van der Waals surface area contributed by atoms with Crippen LogP contribution in [-0.2, 0) is 9.59 Å². The lowest BCUT2D eigenvalue weighted by molar-refractivity contribution is -0.163. The molecule has 0 saturated carbocycles. The van der Waals surface area contributed by atoms with Gasteiger partial charge in [-0.25, -0.2) is 0 Å². The van der Waals surface area contributed by atoms with Crippen LogP contribution in [-0.4, -0.2) is 54.0 Å². The summed E-state index contributed by atoms with van der Waals surface area (Å²) in [5, 5.41) is 0. The molecule has 1 heterocycles. The van der Waals surface area contributed by atoms with Crippen LogP contribution in [0.15, 0.2) is 30.3 Å². The van der Waals surface area contributed by atoms with E-state index in [1.165, 1.54) is 4.90 Å². The highest BCUT2D eigenvalue weighted by Crippen LogP contribution is 2.24. The topological polar surface area (TPSA) is 40.6 Å². The summed E-state index contributed by atoms with van der Waals surface area (Å²) in [6, 6.07) is 9.42. The highest BCUT2D eigenvalue weighted by molar-refractivity contribution is 5.84. The standard InChI is InChI=1S/C17H21F3N2O2/c1-2-14(13-6-4-3-5-7-13)16(24)22-10-8-21(9-11-22)15(23)12-17(18,19)20/h3-7,14H,2,8-12H2,1H3. The van der Waals surface area contributed by atoms with Crippen LogP contribution in [0.5, 0.6) is 0 Å². The number of nitrogens with zero attached hydrogens (tertiary/aromatic N) is 2. The van der Waals surface area contributed by atoms with Crippen LogP contribution in [0.2, 0.25) is 0 Å². The lowest BCUT2D eigenvalue weighted by atomic mass is 9.95. The van der Waals surface area contributed by atoms with E-state index in [0.29, 0.717) is 6.42 Å². The molecule has 0 aliphatic carbocycles. The maximum Gasteiger partial charge on any atom is 0.397 e. The van der Waals surface area contributed by atoms with E-state index in [4.69, 9.17) is 0 Å². The van der Waals surface area contributed by atoms with Gasteiger partial charge in [-0.1, -0.05) is 37.3 Å². The molecule has 4 nitrogen and oxygen atoms in total. The van der Waals surface area contributed by atoms with E-state index < -0.39 is 18.5 Å². The Morgan fingerprint density at radius 1 is 1.04 bits per heavy atom. The quantitative estimate of drug-likeness (QED) is 0.844. The Bertz CT molecular complexity index is 567. The fraction of sp³-hybridized carbons (Fsp3) is 0.529. The summed E-state index contributed by atoms with van der Waals surface area (Å²) in [6.45, 7) is 2.76. The average molecular weight is 342 g/mol. The van der Waals surface area contributed by atoms with E-state index in [0.717, 1.165) is 5.56 Å². The largest absolute Gasteiger partial charge is 0.397 e. The third-order valence-electron chi connectivity index (χ3n) is 4.20. The zero-order valence-corrected chi connectivity index (χ0v) is 13.6. The van der Waals surface area contributed by atoms with Crippen LogP contribution < -0.4 is 0 Å². The van der Waals surface area contributed by atoms with Crippen LogP contribution >= 0.6 is 0 Å². The Hall–Kier alpha value is -2.05. The summed E-state index contributed by atoms with van der Waals surface area (Å²) in [5.74, 6) is -1.22. The van der Waals surface area contributed by atoms with E-state index >= 15 is 0 Å². The summed E-state index contributed by atoms with van der Waals surface area (Å²) in [5.41, 5.74) is 0.931. The van der Waals surface area contributed by atoms with Crippen molar-refractivity contribution in [1.82, 2.24) is 9.80 Å². The molecule has 1 saturated heterocycles. The summed E-state index contributed by atoms with van der Waals surface area (Å²) < 4.78 is 36.9. The molecule has 0 spiro atoms. The molecule has 1 aliphatic rings. The number of piperazine rings is 1. The number of halogens is 3. The van der Waals surface area contributed by atoms with Gasteiger partial charge in [0.15, 0.2) is 0 Å². The van der Waals surface area contributed by atoms with Gasteiger partial charge in [0, 0.05) is 26.2 Å².